The van der Waals surface area contributed by atoms with Gasteiger partial charge in [0.15, 0.2) is 0 Å². The molecule has 1 aromatic rings. The number of nitrogens with one attached hydrogen (secondary N) is 1. The topological polar surface area (TPSA) is 21.3 Å². The molecule has 0 bridgehead atoms. The number of benzene rings is 1. The molecule has 3 rings (SSSR count). The first-order chi connectivity index (χ1) is 6.88. The molecule has 0 radical (unpaired) electrons. The summed E-state index contributed by atoms with van der Waals surface area (Å²) < 4.78 is 5.27. The van der Waals surface area contributed by atoms with Crippen LogP contribution in [0.2, 0.25) is 0 Å². The predicted molar refractivity (Wildman–Crippen MR) is 55.8 cm³/mol. The average Bonchev–Trinajstić information content (AvgIpc) is 2.76. The van der Waals surface area contributed by atoms with Gasteiger partial charge in [-0.3, -0.25) is 0 Å². The lowest BCUT2D eigenvalue weighted by molar-refractivity contribution is 0.414. The van der Waals surface area contributed by atoms with Gasteiger partial charge in [-0.25, -0.2) is 0 Å². The highest BCUT2D eigenvalue weighted by Gasteiger charge is 2.35. The summed E-state index contributed by atoms with van der Waals surface area (Å²) in [7, 11) is 1.74. The number of fused-ring (bicyclic) bond motifs is 3. The molecule has 1 saturated heterocycles. The lowest BCUT2D eigenvalue weighted by atomic mass is 9.96. The van der Waals surface area contributed by atoms with E-state index in [1.165, 1.54) is 24.1 Å². The maximum absolute atomic E-state index is 5.27. The van der Waals surface area contributed by atoms with E-state index in [0.717, 1.165) is 24.1 Å². The van der Waals surface area contributed by atoms with Gasteiger partial charge in [-0.2, -0.15) is 0 Å². The van der Waals surface area contributed by atoms with Crippen LogP contribution < -0.4 is 10.1 Å². The third kappa shape index (κ3) is 1.07. The van der Waals surface area contributed by atoms with E-state index < -0.39 is 0 Å². The summed E-state index contributed by atoms with van der Waals surface area (Å²) in [6.07, 6.45) is 1.25. The van der Waals surface area contributed by atoms with Gasteiger partial charge in [0, 0.05) is 12.5 Å². The Kier molecular flexibility index (Phi) is 1.77. The van der Waals surface area contributed by atoms with Crippen molar-refractivity contribution in [2.45, 2.75) is 12.3 Å². The van der Waals surface area contributed by atoms with E-state index in [-0.39, 0.29) is 0 Å². The van der Waals surface area contributed by atoms with Crippen LogP contribution in [0.25, 0.3) is 0 Å². The van der Waals surface area contributed by atoms with Crippen molar-refractivity contribution >= 4 is 0 Å². The molecule has 2 unspecified atom stereocenters. The molecule has 2 nitrogen and oxygen atoms in total. The standard InChI is InChI=1S/C12H15NO/c1-14-10-3-2-8-4-9-6-13-7-12(9)11(8)5-10/h2-3,5,9,12-13H,4,6-7H2,1H3. The second kappa shape index (κ2) is 2.99. The third-order valence-corrected chi connectivity index (χ3v) is 3.57. The van der Waals surface area contributed by atoms with E-state index in [1.807, 2.05) is 0 Å². The summed E-state index contributed by atoms with van der Waals surface area (Å²) in [6.45, 7) is 2.33. The van der Waals surface area contributed by atoms with Crippen LogP contribution in [0.3, 0.4) is 0 Å². The molecule has 2 aliphatic rings. The fourth-order valence-electron chi connectivity index (χ4n) is 2.82. The lowest BCUT2D eigenvalue weighted by Crippen LogP contribution is -2.10. The largest absolute Gasteiger partial charge is 0.497 e. The van der Waals surface area contributed by atoms with Gasteiger partial charge >= 0.3 is 0 Å². The number of ether oxygens (including phenoxy) is 1. The summed E-state index contributed by atoms with van der Waals surface area (Å²) in [5.74, 6) is 2.56. The molecule has 1 aliphatic carbocycles. The van der Waals surface area contributed by atoms with E-state index in [2.05, 4.69) is 23.5 Å². The molecular weight excluding hydrogens is 174 g/mol. The van der Waals surface area contributed by atoms with Gasteiger partial charge in [-0.15, -0.1) is 0 Å². The van der Waals surface area contributed by atoms with E-state index in [1.54, 1.807) is 7.11 Å². The maximum Gasteiger partial charge on any atom is 0.119 e. The smallest absolute Gasteiger partial charge is 0.119 e. The van der Waals surface area contributed by atoms with Gasteiger partial charge < -0.3 is 10.1 Å². The summed E-state index contributed by atoms with van der Waals surface area (Å²) in [4.78, 5) is 0. The first kappa shape index (κ1) is 8.30. The number of methoxy groups -OCH3 is 1. The van der Waals surface area contributed by atoms with Crippen LogP contribution >= 0.6 is 0 Å². The average molecular weight is 189 g/mol. The maximum atomic E-state index is 5.27. The van der Waals surface area contributed by atoms with E-state index in [0.29, 0.717) is 0 Å². The Morgan fingerprint density at radius 1 is 1.36 bits per heavy atom. The monoisotopic (exact) mass is 189 g/mol. The van der Waals surface area contributed by atoms with Crippen LogP contribution in [0.4, 0.5) is 0 Å². The molecule has 0 saturated carbocycles. The van der Waals surface area contributed by atoms with Crippen molar-refractivity contribution in [1.82, 2.24) is 5.32 Å². The molecule has 1 aliphatic heterocycles. The normalized spacial score (nSPS) is 28.6. The van der Waals surface area contributed by atoms with Crippen molar-refractivity contribution in [3.05, 3.63) is 29.3 Å². The molecule has 2 atom stereocenters. The Morgan fingerprint density at radius 3 is 3.14 bits per heavy atom. The highest BCUT2D eigenvalue weighted by molar-refractivity contribution is 5.43. The van der Waals surface area contributed by atoms with Crippen molar-refractivity contribution < 1.29 is 4.74 Å². The second-order valence-corrected chi connectivity index (χ2v) is 4.29. The zero-order chi connectivity index (χ0) is 9.54. The van der Waals surface area contributed by atoms with Crippen molar-refractivity contribution in [1.29, 1.82) is 0 Å². The zero-order valence-electron chi connectivity index (χ0n) is 8.42. The summed E-state index contributed by atoms with van der Waals surface area (Å²) in [5, 5.41) is 3.46. The fourth-order valence-corrected chi connectivity index (χ4v) is 2.82. The molecule has 2 heteroatoms. The quantitative estimate of drug-likeness (QED) is 0.723. The van der Waals surface area contributed by atoms with Gasteiger partial charge in [0.1, 0.15) is 5.75 Å². The summed E-state index contributed by atoms with van der Waals surface area (Å²) in [5.41, 5.74) is 3.04. The minimum absolute atomic E-state index is 0.736. The van der Waals surface area contributed by atoms with E-state index in [4.69, 9.17) is 4.74 Å². The van der Waals surface area contributed by atoms with Crippen molar-refractivity contribution in [3.8, 4) is 5.75 Å². The molecule has 14 heavy (non-hydrogen) atoms. The molecule has 1 fully saturated rings. The minimum atomic E-state index is 0.736. The van der Waals surface area contributed by atoms with Gasteiger partial charge in [-0.05, 0) is 42.1 Å². The molecule has 0 spiro atoms. The third-order valence-electron chi connectivity index (χ3n) is 3.57. The zero-order valence-corrected chi connectivity index (χ0v) is 8.42. The minimum Gasteiger partial charge on any atom is -0.497 e. The van der Waals surface area contributed by atoms with Crippen molar-refractivity contribution in [3.63, 3.8) is 0 Å². The second-order valence-electron chi connectivity index (χ2n) is 4.29. The van der Waals surface area contributed by atoms with Crippen LogP contribution in [-0.2, 0) is 6.42 Å². The van der Waals surface area contributed by atoms with Crippen LogP contribution in [0.1, 0.15) is 17.0 Å². The summed E-state index contributed by atoms with van der Waals surface area (Å²) in [6, 6.07) is 6.52. The Hall–Kier alpha value is -1.02. The molecule has 0 amide bonds. The number of hydrogen-bond acceptors (Lipinski definition) is 2. The lowest BCUT2D eigenvalue weighted by Gasteiger charge is -2.09. The molecule has 74 valence electrons. The van der Waals surface area contributed by atoms with E-state index in [9.17, 15) is 0 Å². The van der Waals surface area contributed by atoms with Crippen LogP contribution in [-0.4, -0.2) is 20.2 Å². The fraction of sp³-hybridized carbons (Fsp3) is 0.500. The highest BCUT2D eigenvalue weighted by Crippen LogP contribution is 2.41. The molecule has 1 N–H and O–H groups in total. The van der Waals surface area contributed by atoms with Gasteiger partial charge in [0.25, 0.3) is 0 Å². The number of rotatable bonds is 1. The van der Waals surface area contributed by atoms with Crippen LogP contribution in [0.15, 0.2) is 18.2 Å². The van der Waals surface area contributed by atoms with Gasteiger partial charge in [0.05, 0.1) is 7.11 Å². The van der Waals surface area contributed by atoms with Crippen LogP contribution in [0, 0.1) is 5.92 Å². The molecule has 1 heterocycles. The van der Waals surface area contributed by atoms with Gasteiger partial charge in [0.2, 0.25) is 0 Å². The summed E-state index contributed by atoms with van der Waals surface area (Å²) >= 11 is 0. The first-order valence-corrected chi connectivity index (χ1v) is 5.26. The molecule has 0 aromatic heterocycles. The predicted octanol–water partition coefficient (Wildman–Crippen LogP) is 1.55. The Balaban J connectivity index is 2.03. The highest BCUT2D eigenvalue weighted by atomic mass is 16.5. The Morgan fingerprint density at radius 2 is 2.29 bits per heavy atom. The first-order valence-electron chi connectivity index (χ1n) is 5.26. The Bertz CT molecular complexity index is 361. The van der Waals surface area contributed by atoms with Crippen molar-refractivity contribution in [2.75, 3.05) is 20.2 Å². The molecular formula is C12H15NO. The van der Waals surface area contributed by atoms with Crippen LogP contribution in [0.5, 0.6) is 5.75 Å². The Labute approximate surface area is 84.3 Å². The van der Waals surface area contributed by atoms with E-state index >= 15 is 0 Å². The molecule has 1 aromatic carbocycles. The SMILES string of the molecule is COc1ccc2c(c1)C1CNCC1C2. The van der Waals surface area contributed by atoms with Gasteiger partial charge in [-0.1, -0.05) is 6.07 Å². The number of hydrogen-bond donors (Lipinski definition) is 1. The van der Waals surface area contributed by atoms with Crippen molar-refractivity contribution in [2.24, 2.45) is 5.92 Å².